The van der Waals surface area contributed by atoms with Crippen LogP contribution in [0.1, 0.15) is 33.1 Å². The summed E-state index contributed by atoms with van der Waals surface area (Å²) < 4.78 is 5.43. The Morgan fingerprint density at radius 1 is 1.14 bits per heavy atom. The molecule has 0 spiro atoms. The molecular weight excluding hydrogens is 268 g/mol. The third kappa shape index (κ3) is 3.18. The molecule has 21 heavy (non-hydrogen) atoms. The molecule has 0 amide bonds. The van der Waals surface area contributed by atoms with Crippen LogP contribution in [0.25, 0.3) is 0 Å². The number of rotatable bonds is 6. The van der Waals surface area contributed by atoms with Gasteiger partial charge in [0.15, 0.2) is 0 Å². The number of hydrogen-bond donors (Lipinski definition) is 2. The Labute approximate surface area is 125 Å². The fourth-order valence-electron chi connectivity index (χ4n) is 3.27. The molecule has 2 aliphatic heterocycles. The second kappa shape index (κ2) is 6.43. The van der Waals surface area contributed by atoms with Crippen LogP contribution in [0.2, 0.25) is 0 Å². The first kappa shape index (κ1) is 14.3. The van der Waals surface area contributed by atoms with E-state index in [0.717, 1.165) is 13.0 Å². The highest BCUT2D eigenvalue weighted by atomic mass is 16.5. The van der Waals surface area contributed by atoms with Crippen LogP contribution in [-0.4, -0.2) is 58.2 Å². The van der Waals surface area contributed by atoms with Crippen molar-refractivity contribution in [1.82, 2.24) is 19.9 Å². The van der Waals surface area contributed by atoms with Crippen LogP contribution in [0.15, 0.2) is 0 Å². The molecule has 0 saturated carbocycles. The fourth-order valence-corrected chi connectivity index (χ4v) is 3.27. The maximum absolute atomic E-state index is 5.43. The zero-order chi connectivity index (χ0) is 14.7. The predicted octanol–water partition coefficient (Wildman–Crippen LogP) is 1.35. The maximum atomic E-state index is 5.43. The van der Waals surface area contributed by atoms with E-state index in [0.29, 0.717) is 36.6 Å². The van der Waals surface area contributed by atoms with Crippen molar-refractivity contribution in [3.8, 4) is 6.01 Å². The van der Waals surface area contributed by atoms with E-state index < -0.39 is 0 Å². The first-order valence-corrected chi connectivity index (χ1v) is 7.93. The minimum atomic E-state index is 0.382. The summed E-state index contributed by atoms with van der Waals surface area (Å²) in [7, 11) is 0. The molecule has 2 atom stereocenters. The molecule has 3 rings (SSSR count). The number of aromatic nitrogens is 3. The van der Waals surface area contributed by atoms with Crippen LogP contribution in [0.4, 0.5) is 11.9 Å². The zero-order valence-electron chi connectivity index (χ0n) is 12.8. The van der Waals surface area contributed by atoms with E-state index in [2.05, 4.69) is 30.5 Å². The Kier molecular flexibility index (Phi) is 4.38. The smallest absolute Gasteiger partial charge is 0.323 e. The van der Waals surface area contributed by atoms with Crippen LogP contribution in [0.5, 0.6) is 6.01 Å². The highest BCUT2D eigenvalue weighted by molar-refractivity contribution is 5.37. The Hall–Kier alpha value is -1.63. The van der Waals surface area contributed by atoms with Crippen molar-refractivity contribution < 1.29 is 4.74 Å². The standard InChI is InChI=1S/C14H24N6O/c1-3-15-12-17-13(19-14(18-12)21-4-2)16-10-7-9-20-8-5-6-11(10)20/h10-11H,3-9H2,1-2H3,(H2,15,16,17,18,19). The molecule has 2 saturated heterocycles. The van der Waals surface area contributed by atoms with Gasteiger partial charge in [0.2, 0.25) is 11.9 Å². The molecule has 1 aromatic rings. The van der Waals surface area contributed by atoms with E-state index in [1.54, 1.807) is 0 Å². The Morgan fingerprint density at radius 3 is 2.81 bits per heavy atom. The highest BCUT2D eigenvalue weighted by Gasteiger charge is 2.37. The Bertz CT molecular complexity index is 458. The number of nitrogens with one attached hydrogen (secondary N) is 2. The first-order valence-electron chi connectivity index (χ1n) is 7.93. The lowest BCUT2D eigenvalue weighted by Gasteiger charge is -2.21. The van der Waals surface area contributed by atoms with E-state index in [-0.39, 0.29) is 0 Å². The molecule has 0 aromatic carbocycles. The molecular formula is C14H24N6O. The minimum absolute atomic E-state index is 0.382. The third-order valence-electron chi connectivity index (χ3n) is 4.14. The highest BCUT2D eigenvalue weighted by Crippen LogP contribution is 2.29. The summed E-state index contributed by atoms with van der Waals surface area (Å²) in [6, 6.07) is 1.44. The van der Waals surface area contributed by atoms with E-state index >= 15 is 0 Å². The van der Waals surface area contributed by atoms with E-state index in [1.807, 2.05) is 13.8 Å². The second-order valence-electron chi connectivity index (χ2n) is 5.51. The fraction of sp³-hybridized carbons (Fsp3) is 0.786. The molecule has 0 radical (unpaired) electrons. The van der Waals surface area contributed by atoms with Gasteiger partial charge in [-0.05, 0) is 39.7 Å². The molecule has 7 nitrogen and oxygen atoms in total. The van der Waals surface area contributed by atoms with Gasteiger partial charge in [-0.3, -0.25) is 4.90 Å². The van der Waals surface area contributed by atoms with Crippen LogP contribution < -0.4 is 15.4 Å². The number of hydrogen-bond acceptors (Lipinski definition) is 7. The lowest BCUT2D eigenvalue weighted by atomic mass is 10.1. The lowest BCUT2D eigenvalue weighted by Crippen LogP contribution is -2.34. The van der Waals surface area contributed by atoms with Crippen molar-refractivity contribution in [2.75, 3.05) is 36.9 Å². The van der Waals surface area contributed by atoms with Gasteiger partial charge >= 0.3 is 6.01 Å². The van der Waals surface area contributed by atoms with Gasteiger partial charge in [0, 0.05) is 25.2 Å². The largest absolute Gasteiger partial charge is 0.464 e. The summed E-state index contributed by atoms with van der Waals surface area (Å²) in [4.78, 5) is 15.6. The molecule has 2 N–H and O–H groups in total. The van der Waals surface area contributed by atoms with Gasteiger partial charge in [0.25, 0.3) is 0 Å². The van der Waals surface area contributed by atoms with Crippen LogP contribution in [0.3, 0.4) is 0 Å². The molecule has 3 heterocycles. The molecule has 7 heteroatoms. The Morgan fingerprint density at radius 2 is 2.00 bits per heavy atom. The van der Waals surface area contributed by atoms with Crippen LogP contribution in [-0.2, 0) is 0 Å². The van der Waals surface area contributed by atoms with Crippen molar-refractivity contribution >= 4 is 11.9 Å². The summed E-state index contributed by atoms with van der Waals surface area (Å²) in [6.07, 6.45) is 3.71. The van der Waals surface area contributed by atoms with Crippen molar-refractivity contribution in [2.45, 2.75) is 45.2 Å². The van der Waals surface area contributed by atoms with E-state index in [1.165, 1.54) is 25.9 Å². The number of nitrogens with zero attached hydrogens (tertiary/aromatic N) is 4. The lowest BCUT2D eigenvalue weighted by molar-refractivity contribution is 0.311. The summed E-state index contributed by atoms with van der Waals surface area (Å²) in [5.41, 5.74) is 0. The van der Waals surface area contributed by atoms with Gasteiger partial charge in [0.05, 0.1) is 6.61 Å². The van der Waals surface area contributed by atoms with Gasteiger partial charge in [-0.2, -0.15) is 15.0 Å². The van der Waals surface area contributed by atoms with Gasteiger partial charge in [-0.15, -0.1) is 0 Å². The molecule has 0 bridgehead atoms. The minimum Gasteiger partial charge on any atom is -0.464 e. The van der Waals surface area contributed by atoms with E-state index in [4.69, 9.17) is 4.74 Å². The quantitative estimate of drug-likeness (QED) is 0.819. The normalized spacial score (nSPS) is 24.9. The first-order chi connectivity index (χ1) is 10.3. The molecule has 116 valence electrons. The SMILES string of the molecule is CCNc1nc(NC2CCN3CCCC23)nc(OCC)n1. The second-order valence-corrected chi connectivity index (χ2v) is 5.51. The van der Waals surface area contributed by atoms with E-state index in [9.17, 15) is 0 Å². The van der Waals surface area contributed by atoms with Gasteiger partial charge in [0.1, 0.15) is 0 Å². The topological polar surface area (TPSA) is 75.2 Å². The Balaban J connectivity index is 1.74. The van der Waals surface area contributed by atoms with Crippen molar-refractivity contribution in [3.05, 3.63) is 0 Å². The van der Waals surface area contributed by atoms with Crippen molar-refractivity contribution in [3.63, 3.8) is 0 Å². The summed E-state index contributed by atoms with van der Waals surface area (Å²) >= 11 is 0. The number of ether oxygens (including phenoxy) is 1. The third-order valence-corrected chi connectivity index (χ3v) is 4.14. The zero-order valence-corrected chi connectivity index (χ0v) is 12.8. The molecule has 2 aliphatic rings. The van der Waals surface area contributed by atoms with Crippen molar-refractivity contribution in [1.29, 1.82) is 0 Å². The number of anilines is 2. The maximum Gasteiger partial charge on any atom is 0.323 e. The molecule has 0 aliphatic carbocycles. The van der Waals surface area contributed by atoms with Gasteiger partial charge in [-0.1, -0.05) is 0 Å². The summed E-state index contributed by atoms with van der Waals surface area (Å²) in [5.74, 6) is 1.18. The molecule has 2 fully saturated rings. The van der Waals surface area contributed by atoms with Crippen molar-refractivity contribution in [2.24, 2.45) is 0 Å². The average Bonchev–Trinajstić information content (AvgIpc) is 3.04. The molecule has 1 aromatic heterocycles. The molecule has 2 unspecified atom stereocenters. The average molecular weight is 292 g/mol. The number of fused-ring (bicyclic) bond motifs is 1. The monoisotopic (exact) mass is 292 g/mol. The van der Waals surface area contributed by atoms with Crippen LogP contribution in [0, 0.1) is 0 Å². The summed E-state index contributed by atoms with van der Waals surface area (Å²) in [5, 5.41) is 6.61. The predicted molar refractivity (Wildman–Crippen MR) is 81.8 cm³/mol. The summed E-state index contributed by atoms with van der Waals surface area (Å²) in [6.45, 7) is 7.67. The van der Waals surface area contributed by atoms with Gasteiger partial charge in [-0.25, -0.2) is 0 Å². The van der Waals surface area contributed by atoms with Gasteiger partial charge < -0.3 is 15.4 Å². The van der Waals surface area contributed by atoms with Crippen LogP contribution >= 0.6 is 0 Å².